The molecule has 0 N–H and O–H groups in total. The summed E-state index contributed by atoms with van der Waals surface area (Å²) < 4.78 is 31.9. The summed E-state index contributed by atoms with van der Waals surface area (Å²) in [4.78, 5) is 29.3. The van der Waals surface area contributed by atoms with Gasteiger partial charge in [0.2, 0.25) is 0 Å². The molecule has 4 fully saturated rings. The number of benzene rings is 2. The number of carbonyl (C=O) groups is 2. The Morgan fingerprint density at radius 2 is 1.47 bits per heavy atom. The molecule has 0 spiro atoms. The van der Waals surface area contributed by atoms with Crippen LogP contribution in [0.2, 0.25) is 0 Å². The quantitative estimate of drug-likeness (QED) is 0.175. The molecule has 0 aromatic heterocycles. The third-order valence-corrected chi connectivity index (χ3v) is 17.1. The molecule has 7 nitrogen and oxygen atoms in total. The van der Waals surface area contributed by atoms with Crippen molar-refractivity contribution in [3.8, 4) is 0 Å². The average Bonchev–Trinajstić information content (AvgIpc) is 3.20. The lowest BCUT2D eigenvalue weighted by atomic mass is 9.33. The minimum absolute atomic E-state index is 0.0659. The fourth-order valence-electron chi connectivity index (χ4n) is 13.5. The second-order valence-electron chi connectivity index (χ2n) is 21.0. The average molecular weight is 793 g/mol. The van der Waals surface area contributed by atoms with Gasteiger partial charge in [-0.1, -0.05) is 114 Å². The molecule has 4 saturated carbocycles. The van der Waals surface area contributed by atoms with Crippen molar-refractivity contribution in [3.63, 3.8) is 0 Å². The van der Waals surface area contributed by atoms with E-state index in [4.69, 9.17) is 23.7 Å². The van der Waals surface area contributed by atoms with Crippen LogP contribution in [0.1, 0.15) is 117 Å². The summed E-state index contributed by atoms with van der Waals surface area (Å²) in [5.74, 6) is 0.157. The molecule has 58 heavy (non-hydrogen) atoms. The van der Waals surface area contributed by atoms with Crippen LogP contribution in [-0.4, -0.2) is 50.1 Å². The van der Waals surface area contributed by atoms with Gasteiger partial charge in [0.25, 0.3) is 0 Å². The number of methoxy groups -OCH3 is 1. The van der Waals surface area contributed by atoms with E-state index in [9.17, 15) is 9.59 Å². The highest BCUT2D eigenvalue weighted by molar-refractivity contribution is 5.96. The first-order valence-corrected chi connectivity index (χ1v) is 22.2. The Hall–Kier alpha value is -3.10. The molecule has 0 unspecified atom stereocenters. The Morgan fingerprint density at radius 3 is 2.16 bits per heavy atom. The van der Waals surface area contributed by atoms with Crippen molar-refractivity contribution in [3.05, 3.63) is 95.6 Å². The molecule has 5 aliphatic carbocycles. The predicted molar refractivity (Wildman–Crippen MR) is 225 cm³/mol. The molecule has 314 valence electrons. The van der Waals surface area contributed by atoms with Gasteiger partial charge in [0, 0.05) is 5.92 Å². The first kappa shape index (κ1) is 41.6. The van der Waals surface area contributed by atoms with Gasteiger partial charge in [0.05, 0.1) is 38.4 Å². The van der Waals surface area contributed by atoms with Gasteiger partial charge in [-0.25, -0.2) is 0 Å². The van der Waals surface area contributed by atoms with Gasteiger partial charge < -0.3 is 23.7 Å². The van der Waals surface area contributed by atoms with Gasteiger partial charge in [-0.05, 0) is 127 Å². The zero-order valence-corrected chi connectivity index (χ0v) is 36.4. The lowest BCUT2D eigenvalue weighted by Gasteiger charge is -2.70. The fraction of sp³-hybridized carbons (Fsp3) is 0.647. The largest absolute Gasteiger partial charge is 0.469 e. The number of ether oxygens (including phenoxy) is 5. The van der Waals surface area contributed by atoms with E-state index in [2.05, 4.69) is 59.8 Å². The van der Waals surface area contributed by atoms with Crippen LogP contribution >= 0.6 is 0 Å². The van der Waals surface area contributed by atoms with Gasteiger partial charge in [-0.2, -0.15) is 0 Å². The SMILES string of the molecule is COC(=O)[C@]1(C)[C@@H]2CC[C@]3(C)[C@H](C(=O)C=C4[C@@H]5CC(C)(C)CC[C@@]5(C)CC[C@]43C)[C@@]2(C)CC[C@H]1O[C@@H]1C=C[C@H](OCc2ccccc2)[C@@H](COCc2ccccc2)O1. The molecule has 1 heterocycles. The van der Waals surface area contributed by atoms with Crippen LogP contribution in [-0.2, 0) is 46.5 Å². The Bertz CT molecular complexity index is 1890. The molecule has 6 aliphatic rings. The number of carbonyl (C=O) groups excluding carboxylic acids is 2. The van der Waals surface area contributed by atoms with E-state index in [0.29, 0.717) is 32.2 Å². The fourth-order valence-corrected chi connectivity index (χ4v) is 13.5. The van der Waals surface area contributed by atoms with Gasteiger partial charge in [0.15, 0.2) is 12.1 Å². The van der Waals surface area contributed by atoms with Crippen molar-refractivity contribution >= 4 is 11.8 Å². The summed E-state index contributed by atoms with van der Waals surface area (Å²) in [5.41, 5.74) is 2.47. The second-order valence-corrected chi connectivity index (χ2v) is 21.0. The third-order valence-electron chi connectivity index (χ3n) is 17.1. The summed E-state index contributed by atoms with van der Waals surface area (Å²) >= 11 is 0. The number of hydrogen-bond donors (Lipinski definition) is 0. The maximum atomic E-state index is 15.0. The zero-order valence-electron chi connectivity index (χ0n) is 36.4. The van der Waals surface area contributed by atoms with Crippen LogP contribution in [0.5, 0.6) is 0 Å². The first-order valence-electron chi connectivity index (χ1n) is 22.2. The summed E-state index contributed by atoms with van der Waals surface area (Å²) in [5, 5.41) is 0. The van der Waals surface area contributed by atoms with Gasteiger partial charge in [-0.3, -0.25) is 9.59 Å². The molecule has 0 radical (unpaired) electrons. The van der Waals surface area contributed by atoms with E-state index >= 15 is 0 Å². The van der Waals surface area contributed by atoms with Crippen molar-refractivity contribution in [2.45, 2.75) is 144 Å². The first-order chi connectivity index (χ1) is 27.6. The molecule has 1 aliphatic heterocycles. The van der Waals surface area contributed by atoms with Crippen LogP contribution in [0.3, 0.4) is 0 Å². The molecule has 0 amide bonds. The molecular weight excluding hydrogens is 725 g/mol. The lowest BCUT2D eigenvalue weighted by Crippen LogP contribution is -2.68. The Morgan fingerprint density at radius 1 is 0.793 bits per heavy atom. The van der Waals surface area contributed by atoms with E-state index in [1.54, 1.807) is 0 Å². The van der Waals surface area contributed by atoms with Crippen molar-refractivity contribution < 1.29 is 33.3 Å². The second kappa shape index (κ2) is 15.4. The number of fused-ring (bicyclic) bond motifs is 7. The Kier molecular flexibility index (Phi) is 11.1. The molecule has 8 rings (SSSR count). The normalized spacial score (nSPS) is 41.6. The topological polar surface area (TPSA) is 80.3 Å². The number of ketones is 1. The van der Waals surface area contributed by atoms with Crippen LogP contribution in [0.25, 0.3) is 0 Å². The summed E-state index contributed by atoms with van der Waals surface area (Å²) in [6.45, 7) is 17.8. The lowest BCUT2D eigenvalue weighted by molar-refractivity contribution is -0.261. The summed E-state index contributed by atoms with van der Waals surface area (Å²) in [7, 11) is 1.49. The molecule has 12 atom stereocenters. The van der Waals surface area contributed by atoms with Crippen molar-refractivity contribution in [2.75, 3.05) is 13.7 Å². The minimum Gasteiger partial charge on any atom is -0.469 e. The van der Waals surface area contributed by atoms with Crippen LogP contribution in [0, 0.1) is 50.2 Å². The zero-order chi connectivity index (χ0) is 41.1. The van der Waals surface area contributed by atoms with E-state index in [1.807, 2.05) is 67.6 Å². The van der Waals surface area contributed by atoms with Crippen LogP contribution < -0.4 is 0 Å². The summed E-state index contributed by atoms with van der Waals surface area (Å²) in [6.07, 6.45) is 13.2. The van der Waals surface area contributed by atoms with Gasteiger partial charge in [0.1, 0.15) is 12.2 Å². The molecular formula is C51H68O7. The molecule has 2 aromatic rings. The number of esters is 1. The number of rotatable bonds is 10. The van der Waals surface area contributed by atoms with E-state index in [-0.39, 0.29) is 51.4 Å². The monoisotopic (exact) mass is 792 g/mol. The minimum atomic E-state index is -0.982. The van der Waals surface area contributed by atoms with Gasteiger partial charge in [-0.15, -0.1) is 0 Å². The molecule has 7 heteroatoms. The van der Waals surface area contributed by atoms with E-state index in [1.165, 1.54) is 31.9 Å². The highest BCUT2D eigenvalue weighted by atomic mass is 16.7. The maximum absolute atomic E-state index is 15.0. The third kappa shape index (κ3) is 6.98. The van der Waals surface area contributed by atoms with Crippen LogP contribution in [0.4, 0.5) is 0 Å². The molecule has 2 aromatic carbocycles. The number of allylic oxidation sites excluding steroid dienone is 2. The standard InChI is InChI=1S/C51H68O7/c1-46(2)25-26-47(3)27-28-49(5)36(37(47)30-46)29-38(52)44-48(4)23-22-42(51(7,45(53)54-8)41(48)21-24-50(44,49)6)58-43-20-19-39(56-32-35-17-13-10-14-18-35)40(57-43)33-55-31-34-15-11-9-12-16-34/h9-20,29,37,39-44H,21-28,30-33H2,1-8H3/t37-,39-,40+,41+,42+,43+,44+,47-,48-,49+,50+,51+/m0/s1. The van der Waals surface area contributed by atoms with Crippen molar-refractivity contribution in [1.29, 1.82) is 0 Å². The van der Waals surface area contributed by atoms with Crippen molar-refractivity contribution in [2.24, 2.45) is 50.2 Å². The number of hydrogen-bond acceptors (Lipinski definition) is 7. The van der Waals surface area contributed by atoms with Crippen molar-refractivity contribution in [1.82, 2.24) is 0 Å². The highest BCUT2D eigenvalue weighted by Crippen LogP contribution is 2.75. The molecule has 0 saturated heterocycles. The van der Waals surface area contributed by atoms with E-state index < -0.39 is 29.3 Å². The smallest absolute Gasteiger partial charge is 0.314 e. The van der Waals surface area contributed by atoms with Crippen LogP contribution in [0.15, 0.2) is 84.5 Å². The Balaban J connectivity index is 1.05. The molecule has 0 bridgehead atoms. The maximum Gasteiger partial charge on any atom is 0.314 e. The predicted octanol–water partition coefficient (Wildman–Crippen LogP) is 10.6. The Labute approximate surface area is 347 Å². The van der Waals surface area contributed by atoms with Gasteiger partial charge >= 0.3 is 5.97 Å². The summed E-state index contributed by atoms with van der Waals surface area (Å²) in [6, 6.07) is 20.2. The van der Waals surface area contributed by atoms with E-state index in [0.717, 1.165) is 43.2 Å². The highest BCUT2D eigenvalue weighted by Gasteiger charge is 2.72.